The lowest BCUT2D eigenvalue weighted by molar-refractivity contribution is -0.138. The number of aliphatic carboxylic acids is 1. The second-order valence-corrected chi connectivity index (χ2v) is 6.48. The summed E-state index contributed by atoms with van der Waals surface area (Å²) in [6, 6.07) is 0. The van der Waals surface area contributed by atoms with E-state index >= 15 is 0 Å². The molecule has 1 aliphatic rings. The molecule has 1 aliphatic heterocycles. The molecule has 112 valence electrons. The molecule has 0 unspecified atom stereocenters. The van der Waals surface area contributed by atoms with E-state index in [0.717, 1.165) is 47.1 Å². The molecule has 0 spiro atoms. The van der Waals surface area contributed by atoms with Gasteiger partial charge in [-0.1, -0.05) is 5.16 Å². The van der Waals surface area contributed by atoms with Crippen LogP contribution in [0.4, 0.5) is 0 Å². The zero-order chi connectivity index (χ0) is 15.0. The Morgan fingerprint density at radius 2 is 2.29 bits per heavy atom. The molecule has 0 radical (unpaired) electrons. The minimum absolute atomic E-state index is 0.0938. The Balaban J connectivity index is 1.76. The van der Waals surface area contributed by atoms with Gasteiger partial charge in [0.25, 0.3) is 0 Å². The number of aryl methyl sites for hydroxylation is 2. The van der Waals surface area contributed by atoms with Gasteiger partial charge >= 0.3 is 5.97 Å². The Hall–Kier alpha value is -1.73. The third-order valence-corrected chi connectivity index (χ3v) is 4.81. The molecule has 3 heterocycles. The van der Waals surface area contributed by atoms with Gasteiger partial charge in [-0.25, -0.2) is 4.98 Å². The van der Waals surface area contributed by atoms with Crippen molar-refractivity contribution < 1.29 is 14.4 Å². The second-order valence-electron chi connectivity index (χ2n) is 5.31. The lowest BCUT2D eigenvalue weighted by Gasteiger charge is -2.23. The van der Waals surface area contributed by atoms with Crippen LogP contribution < -0.4 is 0 Å². The number of carboxylic acids is 1. The molecule has 0 bridgehead atoms. The lowest BCUT2D eigenvalue weighted by Crippen LogP contribution is -2.34. The van der Waals surface area contributed by atoms with Crippen molar-refractivity contribution in [2.24, 2.45) is 0 Å². The van der Waals surface area contributed by atoms with Gasteiger partial charge in [-0.15, -0.1) is 11.3 Å². The zero-order valence-corrected chi connectivity index (χ0v) is 12.9. The van der Waals surface area contributed by atoms with E-state index in [0.29, 0.717) is 6.54 Å². The van der Waals surface area contributed by atoms with E-state index in [4.69, 9.17) is 14.6 Å². The Labute approximate surface area is 126 Å². The molecule has 0 saturated carbocycles. The van der Waals surface area contributed by atoms with Gasteiger partial charge in [-0.05, 0) is 13.8 Å². The normalized spacial score (nSPS) is 15.1. The number of fused-ring (bicyclic) bond motifs is 1. The van der Waals surface area contributed by atoms with Crippen LogP contribution in [0.15, 0.2) is 4.52 Å². The van der Waals surface area contributed by atoms with E-state index < -0.39 is 5.97 Å². The Bertz CT molecular complexity index is 658. The molecule has 2 aromatic rings. The van der Waals surface area contributed by atoms with Crippen molar-refractivity contribution in [3.05, 3.63) is 32.6 Å². The van der Waals surface area contributed by atoms with Gasteiger partial charge in [-0.2, -0.15) is 0 Å². The van der Waals surface area contributed by atoms with Gasteiger partial charge in [-0.3, -0.25) is 9.69 Å². The van der Waals surface area contributed by atoms with E-state index in [1.807, 2.05) is 18.7 Å². The standard InChI is InChI=1S/C14H17N3O3S/c1-8-10(9(2)20-16-8)5-13-15-11-3-4-17(7-14(18)19)6-12(11)21-13/h3-7H2,1-2H3,(H,18,19). The SMILES string of the molecule is Cc1noc(C)c1Cc1nc2c(s1)CN(CC(=O)O)CC2. The van der Waals surface area contributed by atoms with Crippen LogP contribution in [0.5, 0.6) is 0 Å². The smallest absolute Gasteiger partial charge is 0.317 e. The van der Waals surface area contributed by atoms with Crippen molar-refractivity contribution in [2.75, 3.05) is 13.1 Å². The van der Waals surface area contributed by atoms with Crippen LogP contribution in [-0.2, 0) is 24.2 Å². The van der Waals surface area contributed by atoms with E-state index in [2.05, 4.69) is 5.16 Å². The number of carboxylic acid groups (broad SMARTS) is 1. The van der Waals surface area contributed by atoms with Crippen LogP contribution in [0.2, 0.25) is 0 Å². The average Bonchev–Trinajstić information content (AvgIpc) is 2.95. The maximum absolute atomic E-state index is 10.8. The Morgan fingerprint density at radius 1 is 1.48 bits per heavy atom. The molecule has 21 heavy (non-hydrogen) atoms. The van der Waals surface area contributed by atoms with Gasteiger partial charge in [0.2, 0.25) is 0 Å². The fraction of sp³-hybridized carbons (Fsp3) is 0.500. The van der Waals surface area contributed by atoms with Gasteiger partial charge in [0.15, 0.2) is 0 Å². The minimum atomic E-state index is -0.779. The topological polar surface area (TPSA) is 79.5 Å². The highest BCUT2D eigenvalue weighted by Crippen LogP contribution is 2.27. The van der Waals surface area contributed by atoms with E-state index in [9.17, 15) is 4.79 Å². The number of thiazole rings is 1. The first-order valence-electron chi connectivity index (χ1n) is 6.86. The second kappa shape index (κ2) is 5.57. The molecular weight excluding hydrogens is 290 g/mol. The summed E-state index contributed by atoms with van der Waals surface area (Å²) in [5.74, 6) is 0.0621. The molecule has 0 amide bonds. The van der Waals surface area contributed by atoms with E-state index in [-0.39, 0.29) is 6.54 Å². The molecular formula is C14H17N3O3S. The Morgan fingerprint density at radius 3 is 2.95 bits per heavy atom. The number of hydrogen-bond donors (Lipinski definition) is 1. The predicted octanol–water partition coefficient (Wildman–Crippen LogP) is 1.78. The molecule has 6 nitrogen and oxygen atoms in total. The third-order valence-electron chi connectivity index (χ3n) is 3.72. The predicted molar refractivity (Wildman–Crippen MR) is 77.5 cm³/mol. The molecule has 0 saturated heterocycles. The average molecular weight is 307 g/mol. The van der Waals surface area contributed by atoms with Crippen molar-refractivity contribution in [3.63, 3.8) is 0 Å². The first kappa shape index (κ1) is 14.2. The van der Waals surface area contributed by atoms with Crippen molar-refractivity contribution in [1.29, 1.82) is 0 Å². The van der Waals surface area contributed by atoms with Crippen molar-refractivity contribution in [3.8, 4) is 0 Å². The minimum Gasteiger partial charge on any atom is -0.480 e. The zero-order valence-electron chi connectivity index (χ0n) is 12.0. The number of carbonyl (C=O) groups is 1. The Kier molecular flexibility index (Phi) is 3.77. The van der Waals surface area contributed by atoms with Crippen LogP contribution in [0.1, 0.15) is 32.6 Å². The van der Waals surface area contributed by atoms with Crippen molar-refractivity contribution in [2.45, 2.75) is 33.2 Å². The summed E-state index contributed by atoms with van der Waals surface area (Å²) in [5, 5.41) is 13.9. The van der Waals surface area contributed by atoms with Crippen LogP contribution in [0, 0.1) is 13.8 Å². The maximum atomic E-state index is 10.8. The number of rotatable bonds is 4. The first-order valence-corrected chi connectivity index (χ1v) is 7.68. The molecule has 1 N–H and O–H groups in total. The highest BCUT2D eigenvalue weighted by Gasteiger charge is 2.22. The highest BCUT2D eigenvalue weighted by atomic mass is 32.1. The van der Waals surface area contributed by atoms with Crippen molar-refractivity contribution >= 4 is 17.3 Å². The van der Waals surface area contributed by atoms with Crippen LogP contribution >= 0.6 is 11.3 Å². The summed E-state index contributed by atoms with van der Waals surface area (Å²) in [6.07, 6.45) is 1.55. The number of nitrogens with zero attached hydrogens (tertiary/aromatic N) is 3. The number of hydrogen-bond acceptors (Lipinski definition) is 6. The van der Waals surface area contributed by atoms with Gasteiger partial charge in [0.1, 0.15) is 5.76 Å². The molecule has 0 atom stereocenters. The monoisotopic (exact) mass is 307 g/mol. The molecule has 2 aromatic heterocycles. The van der Waals surface area contributed by atoms with E-state index in [1.54, 1.807) is 11.3 Å². The molecule has 0 fully saturated rings. The third kappa shape index (κ3) is 2.98. The first-order chi connectivity index (χ1) is 10.0. The summed E-state index contributed by atoms with van der Waals surface area (Å²) in [6.45, 7) is 5.39. The fourth-order valence-corrected chi connectivity index (χ4v) is 3.78. The van der Waals surface area contributed by atoms with Gasteiger partial charge < -0.3 is 9.63 Å². The molecule has 3 rings (SSSR count). The fourth-order valence-electron chi connectivity index (χ4n) is 2.61. The van der Waals surface area contributed by atoms with Crippen LogP contribution in [0.25, 0.3) is 0 Å². The highest BCUT2D eigenvalue weighted by molar-refractivity contribution is 7.11. The summed E-state index contributed by atoms with van der Waals surface area (Å²) < 4.78 is 5.18. The summed E-state index contributed by atoms with van der Waals surface area (Å²) in [5.41, 5.74) is 3.13. The van der Waals surface area contributed by atoms with E-state index in [1.165, 1.54) is 4.88 Å². The molecule has 7 heteroatoms. The van der Waals surface area contributed by atoms with Gasteiger partial charge in [0.05, 0.1) is 22.9 Å². The quantitative estimate of drug-likeness (QED) is 0.927. The molecule has 0 aliphatic carbocycles. The summed E-state index contributed by atoms with van der Waals surface area (Å²) >= 11 is 1.67. The number of aromatic nitrogens is 2. The van der Waals surface area contributed by atoms with Gasteiger partial charge in [0, 0.05) is 36.4 Å². The largest absolute Gasteiger partial charge is 0.480 e. The summed E-state index contributed by atoms with van der Waals surface area (Å²) in [4.78, 5) is 18.6. The molecule has 0 aromatic carbocycles. The van der Waals surface area contributed by atoms with Crippen molar-refractivity contribution in [1.82, 2.24) is 15.0 Å². The van der Waals surface area contributed by atoms with Crippen LogP contribution in [0.3, 0.4) is 0 Å². The summed E-state index contributed by atoms with van der Waals surface area (Å²) in [7, 11) is 0. The lowest BCUT2D eigenvalue weighted by atomic mass is 10.1. The van der Waals surface area contributed by atoms with Crippen LogP contribution in [-0.4, -0.2) is 39.2 Å². The maximum Gasteiger partial charge on any atom is 0.317 e.